The molecule has 0 radical (unpaired) electrons. The van der Waals surface area contributed by atoms with Crippen molar-refractivity contribution in [2.75, 3.05) is 0 Å². The first-order valence-electron chi connectivity index (χ1n) is 9.30. The Morgan fingerprint density at radius 1 is 1.00 bits per heavy atom. The second kappa shape index (κ2) is 9.58. The number of rotatable bonds is 10. The van der Waals surface area contributed by atoms with E-state index in [-0.39, 0.29) is 12.0 Å². The van der Waals surface area contributed by atoms with Gasteiger partial charge in [-0.2, -0.15) is 4.98 Å². The fourth-order valence-corrected chi connectivity index (χ4v) is 2.70. The minimum Gasteiger partial charge on any atom is -0.337 e. The van der Waals surface area contributed by atoms with E-state index in [0.29, 0.717) is 11.7 Å². The number of hydrogen-bond acceptors (Lipinski definition) is 4. The quantitative estimate of drug-likeness (QED) is 0.601. The summed E-state index contributed by atoms with van der Waals surface area (Å²) < 4.78 is 5.30. The van der Waals surface area contributed by atoms with Crippen LogP contribution in [0.4, 0.5) is 0 Å². The van der Waals surface area contributed by atoms with Gasteiger partial charge in [0.15, 0.2) is 0 Å². The Morgan fingerprint density at radius 3 is 2.33 bits per heavy atom. The van der Waals surface area contributed by atoms with Gasteiger partial charge >= 0.3 is 0 Å². The first kappa shape index (κ1) is 18.7. The molecule has 0 saturated carbocycles. The van der Waals surface area contributed by atoms with Gasteiger partial charge in [0.1, 0.15) is 0 Å². The Balaban J connectivity index is 1.85. The zero-order valence-electron chi connectivity index (χ0n) is 15.3. The van der Waals surface area contributed by atoms with E-state index in [1.807, 2.05) is 13.8 Å². The van der Waals surface area contributed by atoms with E-state index in [4.69, 9.17) is 10.3 Å². The molecule has 1 atom stereocenters. The molecule has 0 saturated heterocycles. The predicted octanol–water partition coefficient (Wildman–Crippen LogP) is 5.30. The topological polar surface area (TPSA) is 64.9 Å². The Kier molecular flexibility index (Phi) is 7.44. The summed E-state index contributed by atoms with van der Waals surface area (Å²) in [5, 5.41) is 4.06. The van der Waals surface area contributed by atoms with Crippen molar-refractivity contribution in [1.82, 2.24) is 10.1 Å². The van der Waals surface area contributed by atoms with Crippen molar-refractivity contribution in [3.8, 4) is 11.4 Å². The molecule has 1 aromatic carbocycles. The van der Waals surface area contributed by atoms with E-state index >= 15 is 0 Å². The van der Waals surface area contributed by atoms with Crippen molar-refractivity contribution in [3.05, 3.63) is 35.7 Å². The Morgan fingerprint density at radius 2 is 1.67 bits per heavy atom. The molecule has 4 heteroatoms. The average molecular weight is 329 g/mol. The number of nitrogens with two attached hydrogens (primary N) is 1. The van der Waals surface area contributed by atoms with Crippen molar-refractivity contribution in [1.29, 1.82) is 0 Å². The van der Waals surface area contributed by atoms with Crippen LogP contribution in [0.25, 0.3) is 11.4 Å². The Hall–Kier alpha value is -1.68. The lowest BCUT2D eigenvalue weighted by atomic mass is 10.0. The molecule has 1 aromatic heterocycles. The molecule has 2 rings (SSSR count). The van der Waals surface area contributed by atoms with E-state index in [2.05, 4.69) is 41.3 Å². The van der Waals surface area contributed by atoms with Gasteiger partial charge in [-0.05, 0) is 24.3 Å². The molecule has 0 aliphatic heterocycles. The van der Waals surface area contributed by atoms with Crippen LogP contribution in [0.1, 0.15) is 76.8 Å². The molecule has 132 valence electrons. The second-order valence-electron chi connectivity index (χ2n) is 6.94. The third-order valence-electron chi connectivity index (χ3n) is 4.48. The van der Waals surface area contributed by atoms with E-state index < -0.39 is 0 Å². The molecule has 24 heavy (non-hydrogen) atoms. The van der Waals surface area contributed by atoms with Crippen molar-refractivity contribution < 1.29 is 4.52 Å². The molecule has 0 aliphatic carbocycles. The molecule has 4 nitrogen and oxygen atoms in total. The molecule has 2 N–H and O–H groups in total. The van der Waals surface area contributed by atoms with Crippen molar-refractivity contribution in [2.24, 2.45) is 11.7 Å². The van der Waals surface area contributed by atoms with E-state index in [1.165, 1.54) is 44.1 Å². The second-order valence-corrected chi connectivity index (χ2v) is 6.94. The maximum atomic E-state index is 6.06. The number of benzene rings is 1. The standard InChI is InChI=1S/C20H31N3O/c1-4-5-6-7-8-9-10-16-11-13-17(14-12-16)19-22-20(24-23-19)18(21)15(2)3/h11-15,18H,4-10,21H2,1-3H3/t18-/m0/s1. The van der Waals surface area contributed by atoms with Gasteiger partial charge in [0.25, 0.3) is 0 Å². The van der Waals surface area contributed by atoms with E-state index in [0.717, 1.165) is 12.0 Å². The van der Waals surface area contributed by atoms with Crippen molar-refractivity contribution in [3.63, 3.8) is 0 Å². The van der Waals surface area contributed by atoms with E-state index in [1.54, 1.807) is 0 Å². The minimum absolute atomic E-state index is 0.210. The van der Waals surface area contributed by atoms with Crippen molar-refractivity contribution in [2.45, 2.75) is 71.8 Å². The SMILES string of the molecule is CCCCCCCCc1ccc(-c2noc([C@@H](N)C(C)C)n2)cc1. The van der Waals surface area contributed by atoms with Crippen LogP contribution in [0, 0.1) is 5.92 Å². The number of nitrogens with zero attached hydrogens (tertiary/aromatic N) is 2. The van der Waals surface area contributed by atoms with Gasteiger partial charge in [-0.25, -0.2) is 0 Å². The lowest BCUT2D eigenvalue weighted by Crippen LogP contribution is -2.16. The molecular weight excluding hydrogens is 298 g/mol. The maximum absolute atomic E-state index is 6.06. The summed E-state index contributed by atoms with van der Waals surface area (Å²) in [7, 11) is 0. The first-order chi connectivity index (χ1) is 11.6. The highest BCUT2D eigenvalue weighted by atomic mass is 16.5. The Labute approximate surface area is 145 Å². The zero-order valence-corrected chi connectivity index (χ0v) is 15.3. The van der Waals surface area contributed by atoms with Gasteiger partial charge in [-0.3, -0.25) is 0 Å². The number of aromatic nitrogens is 2. The van der Waals surface area contributed by atoms with Crippen LogP contribution < -0.4 is 5.73 Å². The van der Waals surface area contributed by atoms with Crippen LogP contribution in [0.15, 0.2) is 28.8 Å². The summed E-state index contributed by atoms with van der Waals surface area (Å²) in [4.78, 5) is 4.43. The van der Waals surface area contributed by atoms with Gasteiger partial charge in [-0.15, -0.1) is 0 Å². The monoisotopic (exact) mass is 329 g/mol. The smallest absolute Gasteiger partial charge is 0.244 e. The fraction of sp³-hybridized carbons (Fsp3) is 0.600. The maximum Gasteiger partial charge on any atom is 0.244 e. The van der Waals surface area contributed by atoms with Crippen LogP contribution in [0.2, 0.25) is 0 Å². The van der Waals surface area contributed by atoms with Gasteiger partial charge in [0, 0.05) is 5.56 Å². The predicted molar refractivity (Wildman–Crippen MR) is 98.6 cm³/mol. The molecule has 0 aliphatic rings. The molecule has 1 heterocycles. The van der Waals surface area contributed by atoms with Crippen LogP contribution in [0.5, 0.6) is 0 Å². The first-order valence-corrected chi connectivity index (χ1v) is 9.30. The molecule has 0 amide bonds. The van der Waals surface area contributed by atoms with Gasteiger partial charge < -0.3 is 10.3 Å². The average Bonchev–Trinajstić information content (AvgIpc) is 3.07. The molecule has 2 aromatic rings. The summed E-state index contributed by atoms with van der Waals surface area (Å²) in [6.07, 6.45) is 9.12. The normalized spacial score (nSPS) is 12.7. The Bertz CT molecular complexity index is 589. The molecule has 0 bridgehead atoms. The van der Waals surface area contributed by atoms with E-state index in [9.17, 15) is 0 Å². The third kappa shape index (κ3) is 5.45. The largest absolute Gasteiger partial charge is 0.337 e. The van der Waals surface area contributed by atoms with Gasteiger partial charge in [-0.1, -0.05) is 82.3 Å². The highest BCUT2D eigenvalue weighted by molar-refractivity contribution is 5.54. The van der Waals surface area contributed by atoms with Crippen molar-refractivity contribution >= 4 is 0 Å². The molecular formula is C20H31N3O. The molecule has 0 fully saturated rings. The van der Waals surface area contributed by atoms with Crippen LogP contribution >= 0.6 is 0 Å². The minimum atomic E-state index is -0.210. The number of unbranched alkanes of at least 4 members (excludes halogenated alkanes) is 5. The van der Waals surface area contributed by atoms with Gasteiger partial charge in [0.2, 0.25) is 11.7 Å². The zero-order chi connectivity index (χ0) is 17.4. The molecule has 0 spiro atoms. The fourth-order valence-electron chi connectivity index (χ4n) is 2.70. The number of hydrogen-bond donors (Lipinski definition) is 1. The summed E-state index contributed by atoms with van der Waals surface area (Å²) in [5.41, 5.74) is 8.41. The lowest BCUT2D eigenvalue weighted by molar-refractivity contribution is 0.325. The lowest BCUT2D eigenvalue weighted by Gasteiger charge is -2.09. The highest BCUT2D eigenvalue weighted by Gasteiger charge is 2.18. The van der Waals surface area contributed by atoms with Gasteiger partial charge in [0.05, 0.1) is 6.04 Å². The van der Waals surface area contributed by atoms with Crippen LogP contribution in [0.3, 0.4) is 0 Å². The van der Waals surface area contributed by atoms with Crippen LogP contribution in [-0.4, -0.2) is 10.1 Å². The summed E-state index contributed by atoms with van der Waals surface area (Å²) in [6, 6.07) is 8.27. The summed E-state index contributed by atoms with van der Waals surface area (Å²) in [6.45, 7) is 6.35. The third-order valence-corrected chi connectivity index (χ3v) is 4.48. The number of aryl methyl sites for hydroxylation is 1. The summed E-state index contributed by atoms with van der Waals surface area (Å²) >= 11 is 0. The highest BCUT2D eigenvalue weighted by Crippen LogP contribution is 2.22. The molecule has 0 unspecified atom stereocenters. The summed E-state index contributed by atoms with van der Waals surface area (Å²) in [5.74, 6) is 1.40. The van der Waals surface area contributed by atoms with Crippen LogP contribution in [-0.2, 0) is 6.42 Å².